The van der Waals surface area contributed by atoms with Gasteiger partial charge in [0.05, 0.1) is 16.9 Å². The number of hydrogen-bond donors (Lipinski definition) is 2. The number of nitrogens with zero attached hydrogens (tertiary/aromatic N) is 2. The Labute approximate surface area is 330 Å². The van der Waals surface area contributed by atoms with Crippen LogP contribution in [0.4, 0.5) is 11.4 Å². The van der Waals surface area contributed by atoms with E-state index in [0.717, 1.165) is 44.3 Å². The summed E-state index contributed by atoms with van der Waals surface area (Å²) in [6.07, 6.45) is 13.2. The van der Waals surface area contributed by atoms with Crippen LogP contribution in [0, 0.1) is 0 Å². The van der Waals surface area contributed by atoms with E-state index in [4.69, 9.17) is 0 Å². The van der Waals surface area contributed by atoms with Crippen molar-refractivity contribution in [2.45, 2.75) is 71.1 Å². The molecule has 9 nitrogen and oxygen atoms in total. The average molecular weight is 796 g/mol. The Morgan fingerprint density at radius 1 is 0.732 bits per heavy atom. The van der Waals surface area contributed by atoms with Gasteiger partial charge in [-0.25, -0.2) is 0 Å². The molecule has 0 bridgehead atoms. The lowest BCUT2D eigenvalue weighted by atomic mass is 9.79. The van der Waals surface area contributed by atoms with E-state index < -0.39 is 31.1 Å². The normalized spacial score (nSPS) is 17.6. The molecule has 11 heteroatoms. The van der Waals surface area contributed by atoms with Crippen LogP contribution >= 0.6 is 0 Å². The van der Waals surface area contributed by atoms with Gasteiger partial charge in [-0.1, -0.05) is 92.7 Å². The molecule has 0 amide bonds. The van der Waals surface area contributed by atoms with E-state index in [1.807, 2.05) is 60.7 Å². The zero-order valence-electron chi connectivity index (χ0n) is 32.7. The second kappa shape index (κ2) is 16.1. The SMILES string of the molecule is CC(=O)C(C=CC=C1N(CCCCS(=O)(=O)O)c2ccc3ccccc3c2C1(C)C)=CC=CC1=[N+](CCCCS(=O)(=O)O)c2ccc3ccccc3c2C1(C)C. The monoisotopic (exact) mass is 795 g/mol. The summed E-state index contributed by atoms with van der Waals surface area (Å²) < 4.78 is 66.6. The number of ketones is 1. The molecule has 4 aromatic rings. The highest BCUT2D eigenvalue weighted by atomic mass is 32.2. The number of Topliss-reactive ketones (excluding diaryl/α,β-unsaturated/α-hetero) is 1. The molecule has 2 aliphatic heterocycles. The largest absolute Gasteiger partial charge is 0.344 e. The summed E-state index contributed by atoms with van der Waals surface area (Å²) in [5.74, 6) is -0.684. The van der Waals surface area contributed by atoms with E-state index in [1.54, 1.807) is 0 Å². The predicted octanol–water partition coefficient (Wildman–Crippen LogP) is 9.01. The van der Waals surface area contributed by atoms with Gasteiger partial charge in [-0.3, -0.25) is 13.9 Å². The molecule has 0 aromatic heterocycles. The molecule has 0 spiro atoms. The minimum Gasteiger partial charge on any atom is -0.344 e. The average Bonchev–Trinajstić information content (AvgIpc) is 3.48. The van der Waals surface area contributed by atoms with E-state index in [-0.39, 0.29) is 17.3 Å². The van der Waals surface area contributed by atoms with Crippen LogP contribution in [0.15, 0.2) is 121 Å². The fourth-order valence-corrected chi connectivity index (χ4v) is 9.58. The molecule has 2 heterocycles. The molecule has 0 saturated carbocycles. The Morgan fingerprint density at radius 2 is 1.32 bits per heavy atom. The molecule has 0 saturated heterocycles. The highest BCUT2D eigenvalue weighted by Gasteiger charge is 2.45. The van der Waals surface area contributed by atoms with Gasteiger partial charge in [0.25, 0.3) is 20.2 Å². The number of unbranched alkanes of at least 4 members (excludes halogenated alkanes) is 2. The lowest BCUT2D eigenvalue weighted by Crippen LogP contribution is -2.28. The molecule has 0 fully saturated rings. The highest BCUT2D eigenvalue weighted by Crippen LogP contribution is 2.51. The lowest BCUT2D eigenvalue weighted by Gasteiger charge is -2.27. The van der Waals surface area contributed by atoms with Crippen molar-refractivity contribution in [2.75, 3.05) is 29.5 Å². The summed E-state index contributed by atoms with van der Waals surface area (Å²) in [7, 11) is -8.11. The Hall–Kier alpha value is -4.68. The zero-order chi connectivity index (χ0) is 40.5. The summed E-state index contributed by atoms with van der Waals surface area (Å²) in [6, 6.07) is 25.0. The molecule has 0 aliphatic carbocycles. The molecule has 2 aliphatic rings. The van der Waals surface area contributed by atoms with Gasteiger partial charge in [-0.05, 0) is 85.4 Å². The van der Waals surface area contributed by atoms with Crippen LogP contribution < -0.4 is 4.90 Å². The predicted molar refractivity (Wildman–Crippen MR) is 228 cm³/mol. The molecule has 6 rings (SSSR count). The van der Waals surface area contributed by atoms with Crippen LogP contribution in [0.25, 0.3) is 21.5 Å². The smallest absolute Gasteiger partial charge is 0.264 e. The maximum absolute atomic E-state index is 13.0. The number of hydrogen-bond acceptors (Lipinski definition) is 6. The van der Waals surface area contributed by atoms with Gasteiger partial charge in [0.1, 0.15) is 6.54 Å². The van der Waals surface area contributed by atoms with Crippen molar-refractivity contribution < 1.29 is 35.3 Å². The van der Waals surface area contributed by atoms with Crippen LogP contribution in [0.2, 0.25) is 0 Å². The van der Waals surface area contributed by atoms with Crippen LogP contribution in [0.5, 0.6) is 0 Å². The van der Waals surface area contributed by atoms with Crippen molar-refractivity contribution >= 4 is 64.7 Å². The molecule has 294 valence electrons. The van der Waals surface area contributed by atoms with Crippen LogP contribution in [-0.4, -0.2) is 66.6 Å². The summed E-state index contributed by atoms with van der Waals surface area (Å²) in [6.45, 7) is 11.4. The lowest BCUT2D eigenvalue weighted by molar-refractivity contribution is -0.438. The fraction of sp³-hybridized carbons (Fsp3) is 0.333. The van der Waals surface area contributed by atoms with E-state index in [2.05, 4.69) is 85.7 Å². The van der Waals surface area contributed by atoms with Crippen molar-refractivity contribution in [3.63, 3.8) is 0 Å². The number of allylic oxidation sites excluding steroid dienone is 8. The molecular weight excluding hydrogens is 745 g/mol. The molecule has 0 unspecified atom stereocenters. The summed E-state index contributed by atoms with van der Waals surface area (Å²) >= 11 is 0. The molecule has 2 N–H and O–H groups in total. The zero-order valence-corrected chi connectivity index (χ0v) is 34.3. The molecular formula is C45H51N2O7S2+. The molecule has 4 aromatic carbocycles. The number of fused-ring (bicyclic) bond motifs is 6. The number of benzene rings is 4. The van der Waals surface area contributed by atoms with Crippen LogP contribution in [0.1, 0.15) is 71.4 Å². The van der Waals surface area contributed by atoms with E-state index >= 15 is 0 Å². The van der Waals surface area contributed by atoms with Crippen molar-refractivity contribution in [1.29, 1.82) is 0 Å². The fourth-order valence-electron chi connectivity index (χ4n) is 8.44. The van der Waals surface area contributed by atoms with Crippen molar-refractivity contribution in [3.05, 3.63) is 132 Å². The quantitative estimate of drug-likeness (QED) is 0.0401. The van der Waals surface area contributed by atoms with Crippen molar-refractivity contribution in [3.8, 4) is 0 Å². The van der Waals surface area contributed by atoms with Crippen LogP contribution in [-0.2, 0) is 35.9 Å². The Bertz CT molecular complexity index is 2580. The topological polar surface area (TPSA) is 132 Å². The van der Waals surface area contributed by atoms with Crippen molar-refractivity contribution in [1.82, 2.24) is 0 Å². The number of anilines is 1. The van der Waals surface area contributed by atoms with Gasteiger partial charge in [-0.15, -0.1) is 0 Å². The summed E-state index contributed by atoms with van der Waals surface area (Å²) in [5, 5.41) is 4.56. The first-order valence-corrected chi connectivity index (χ1v) is 22.3. The minimum atomic E-state index is -4.05. The van der Waals surface area contributed by atoms with E-state index in [1.165, 1.54) is 18.1 Å². The Kier molecular flexibility index (Phi) is 11.7. The maximum atomic E-state index is 13.0. The third-order valence-electron chi connectivity index (χ3n) is 11.0. The van der Waals surface area contributed by atoms with E-state index in [9.17, 15) is 30.7 Å². The minimum absolute atomic E-state index is 0.0987. The molecule has 56 heavy (non-hydrogen) atoms. The summed E-state index contributed by atoms with van der Waals surface area (Å²) in [4.78, 5) is 15.2. The third kappa shape index (κ3) is 8.66. The number of rotatable bonds is 15. The first kappa shape index (κ1) is 41.0. The van der Waals surface area contributed by atoms with Crippen molar-refractivity contribution in [2.24, 2.45) is 0 Å². The van der Waals surface area contributed by atoms with Gasteiger partial charge >= 0.3 is 0 Å². The van der Waals surface area contributed by atoms with Crippen LogP contribution in [0.3, 0.4) is 0 Å². The molecule has 0 atom stereocenters. The first-order chi connectivity index (χ1) is 26.4. The first-order valence-electron chi connectivity index (χ1n) is 19.1. The number of carbonyl (C=O) groups is 1. The third-order valence-corrected chi connectivity index (χ3v) is 12.7. The van der Waals surface area contributed by atoms with E-state index in [0.29, 0.717) is 44.3 Å². The van der Waals surface area contributed by atoms with Gasteiger partial charge in [-0.2, -0.15) is 21.4 Å². The van der Waals surface area contributed by atoms with Gasteiger partial charge < -0.3 is 4.90 Å². The standard InChI is InChI=1S/C45H50N2O7S2/c1-32(48)33(18-14-22-40-44(2,3)42-36-20-8-6-16-34(36)24-26-38(42)46(40)28-10-12-30-55(49,50)51)19-15-23-41-45(4,5)43-37-21-9-7-17-35(37)25-27-39(43)47(41)29-11-13-31-56(52,53)54/h6-9,14-27H,10-13,28-31H2,1-5H3,(H-,49,50,51,52,53,54)/p+1. The van der Waals surface area contributed by atoms with Gasteiger partial charge in [0, 0.05) is 53.0 Å². The maximum Gasteiger partial charge on any atom is 0.264 e. The Balaban J connectivity index is 1.33. The van der Waals surface area contributed by atoms with Gasteiger partial charge in [0.15, 0.2) is 11.5 Å². The number of carbonyl (C=O) groups excluding carboxylic acids is 1. The Morgan fingerprint density at radius 3 is 1.95 bits per heavy atom. The second-order valence-corrected chi connectivity index (χ2v) is 18.9. The second-order valence-electron chi connectivity index (χ2n) is 15.7. The summed E-state index contributed by atoms with van der Waals surface area (Å²) in [5.41, 5.74) is 6.21. The van der Waals surface area contributed by atoms with Gasteiger partial charge in [0.2, 0.25) is 5.69 Å². The highest BCUT2D eigenvalue weighted by molar-refractivity contribution is 7.86. The molecule has 0 radical (unpaired) electrons.